The van der Waals surface area contributed by atoms with Crippen molar-refractivity contribution >= 4 is 6.08 Å². The lowest BCUT2D eigenvalue weighted by molar-refractivity contribution is 1.62. The van der Waals surface area contributed by atoms with E-state index >= 15 is 0 Å². The molecule has 0 heterocycles. The maximum atomic E-state index is 3.55. The molecule has 0 spiro atoms. The predicted molar refractivity (Wildman–Crippen MR) is 33.0 cm³/mol. The van der Waals surface area contributed by atoms with Crippen LogP contribution in [0.3, 0.4) is 0 Å². The average molecular weight is 101 g/mol. The lowest BCUT2D eigenvalue weighted by Crippen LogP contribution is -1.66. The highest BCUT2D eigenvalue weighted by Crippen LogP contribution is 1.94. The summed E-state index contributed by atoms with van der Waals surface area (Å²) in [5.41, 5.74) is 0.892. The van der Waals surface area contributed by atoms with Crippen LogP contribution in [0.2, 0.25) is 0 Å². The van der Waals surface area contributed by atoms with Gasteiger partial charge in [-0.05, 0) is 35.9 Å². The van der Waals surface area contributed by atoms with Crippen molar-refractivity contribution in [2.24, 2.45) is 0 Å². The molecular weight excluding hydrogens is 96.1 g/mol. The summed E-state index contributed by atoms with van der Waals surface area (Å²) >= 11 is 0. The van der Waals surface area contributed by atoms with Gasteiger partial charge < -0.3 is 0 Å². The van der Waals surface area contributed by atoms with Crippen LogP contribution in [-0.2, 0) is 0 Å². The van der Waals surface area contributed by atoms with Gasteiger partial charge in [0, 0.05) is 0 Å². The quantitative estimate of drug-likeness (QED) is 0.505. The monoisotopic (exact) mass is 101 g/mol. The molecule has 0 N–H and O–H groups in total. The van der Waals surface area contributed by atoms with E-state index in [2.05, 4.69) is 24.8 Å². The Labute approximate surface area is 49.5 Å². The standard InChI is InChI=1S/C8H5/c1-2-8-6-4-3-5-7-8/h2,4-5H,1H2. The minimum absolute atomic E-state index is 0.892. The first-order valence-electron chi connectivity index (χ1n) is 2.35. The van der Waals surface area contributed by atoms with Crippen LogP contribution in [0.25, 0.3) is 6.08 Å². The van der Waals surface area contributed by atoms with Crippen molar-refractivity contribution in [3.63, 3.8) is 0 Å². The Morgan fingerprint density at radius 3 is 2.38 bits per heavy atom. The third-order valence-electron chi connectivity index (χ3n) is 0.826. The lowest BCUT2D eigenvalue weighted by atomic mass is 10.2. The molecule has 1 rings (SSSR count). The summed E-state index contributed by atoms with van der Waals surface area (Å²) in [6, 6.07) is 12.0. The second kappa shape index (κ2) is 2.31. The van der Waals surface area contributed by atoms with Crippen molar-refractivity contribution in [3.8, 4) is 0 Å². The molecule has 1 aromatic rings. The van der Waals surface area contributed by atoms with E-state index < -0.39 is 0 Å². The molecule has 0 nitrogen and oxygen atoms in total. The van der Waals surface area contributed by atoms with Gasteiger partial charge in [-0.25, -0.2) is 0 Å². The Kier molecular flexibility index (Phi) is 1.48. The summed E-state index contributed by atoms with van der Waals surface area (Å²) in [6.45, 7) is 3.55. The van der Waals surface area contributed by atoms with Crippen molar-refractivity contribution in [1.29, 1.82) is 0 Å². The largest absolute Gasteiger partial charge is 0.0984 e. The maximum absolute atomic E-state index is 3.55. The van der Waals surface area contributed by atoms with Crippen LogP contribution < -0.4 is 0 Å². The minimum Gasteiger partial charge on any atom is -0.0984 e. The molecule has 0 saturated carbocycles. The van der Waals surface area contributed by atoms with Gasteiger partial charge in [0.1, 0.15) is 0 Å². The van der Waals surface area contributed by atoms with E-state index in [9.17, 15) is 0 Å². The molecule has 37 valence electrons. The molecule has 1 aromatic carbocycles. The highest BCUT2D eigenvalue weighted by atomic mass is 13.8. The summed E-state index contributed by atoms with van der Waals surface area (Å²) in [6.07, 6.45) is 1.70. The van der Waals surface area contributed by atoms with Crippen molar-refractivity contribution in [1.82, 2.24) is 0 Å². The Morgan fingerprint density at radius 1 is 1.38 bits per heavy atom. The van der Waals surface area contributed by atoms with Gasteiger partial charge in [-0.3, -0.25) is 0 Å². The van der Waals surface area contributed by atoms with Crippen molar-refractivity contribution < 1.29 is 0 Å². The molecule has 0 aliphatic rings. The molecule has 0 aliphatic heterocycles. The molecule has 0 amide bonds. The molecule has 0 fully saturated rings. The van der Waals surface area contributed by atoms with E-state index in [1.807, 2.05) is 0 Å². The second-order valence-corrected chi connectivity index (χ2v) is 1.36. The Balaban J connectivity index is 2.99. The van der Waals surface area contributed by atoms with Gasteiger partial charge in [0.25, 0.3) is 0 Å². The van der Waals surface area contributed by atoms with Gasteiger partial charge in [0.15, 0.2) is 0 Å². The van der Waals surface area contributed by atoms with Gasteiger partial charge in [0.2, 0.25) is 0 Å². The Morgan fingerprint density at radius 2 is 2.00 bits per heavy atom. The fraction of sp³-hybridized carbons (Fsp3) is 0. The van der Waals surface area contributed by atoms with Gasteiger partial charge in [-0.1, -0.05) is 12.7 Å². The van der Waals surface area contributed by atoms with Crippen LogP contribution in [0.4, 0.5) is 0 Å². The first kappa shape index (κ1) is 5.10. The number of benzene rings is 1. The van der Waals surface area contributed by atoms with Crippen LogP contribution >= 0.6 is 0 Å². The molecule has 0 saturated heterocycles. The van der Waals surface area contributed by atoms with E-state index in [-0.39, 0.29) is 0 Å². The van der Waals surface area contributed by atoms with Crippen LogP contribution in [0.15, 0.2) is 18.7 Å². The normalized spacial score (nSPS) is 8.50. The van der Waals surface area contributed by atoms with Gasteiger partial charge >= 0.3 is 0 Å². The number of rotatable bonds is 1. The van der Waals surface area contributed by atoms with Gasteiger partial charge in [0.05, 0.1) is 0 Å². The van der Waals surface area contributed by atoms with Gasteiger partial charge in [-0.2, -0.15) is 0 Å². The van der Waals surface area contributed by atoms with Crippen molar-refractivity contribution in [2.75, 3.05) is 0 Å². The highest BCUT2D eigenvalue weighted by Gasteiger charge is 1.78. The van der Waals surface area contributed by atoms with Crippen molar-refractivity contribution in [3.05, 3.63) is 42.5 Å². The molecule has 0 aromatic heterocycles. The van der Waals surface area contributed by atoms with Gasteiger partial charge in [-0.15, -0.1) is 0 Å². The van der Waals surface area contributed by atoms with Crippen LogP contribution in [0.5, 0.6) is 0 Å². The summed E-state index contributed by atoms with van der Waals surface area (Å²) in [7, 11) is 0. The summed E-state index contributed by atoms with van der Waals surface area (Å²) in [5, 5.41) is 0. The number of hydrogen-bond acceptors (Lipinski definition) is 0. The number of hydrogen-bond donors (Lipinski definition) is 0. The van der Waals surface area contributed by atoms with Crippen LogP contribution in [0.1, 0.15) is 5.56 Å². The molecule has 0 unspecified atom stereocenters. The van der Waals surface area contributed by atoms with E-state index in [4.69, 9.17) is 0 Å². The smallest absolute Gasteiger partial charge is 0.00928 e. The zero-order valence-electron chi connectivity index (χ0n) is 4.44. The first-order valence-corrected chi connectivity index (χ1v) is 2.35. The molecule has 0 aliphatic carbocycles. The molecule has 8 heavy (non-hydrogen) atoms. The van der Waals surface area contributed by atoms with E-state index in [0.29, 0.717) is 0 Å². The van der Waals surface area contributed by atoms with E-state index in [0.717, 1.165) is 5.56 Å². The molecule has 0 heteroatoms. The third kappa shape index (κ3) is 0.969. The topological polar surface area (TPSA) is 0 Å². The first-order chi connectivity index (χ1) is 3.93. The fourth-order valence-electron chi connectivity index (χ4n) is 0.440. The Bertz CT molecular complexity index is 163. The predicted octanol–water partition coefficient (Wildman–Crippen LogP) is 1.73. The zero-order valence-corrected chi connectivity index (χ0v) is 4.44. The van der Waals surface area contributed by atoms with E-state index in [1.54, 1.807) is 18.2 Å². The molecule has 3 radical (unpaired) electrons. The molecule has 0 atom stereocenters. The summed E-state index contributed by atoms with van der Waals surface area (Å²) in [4.78, 5) is 0. The SMILES string of the molecule is C=Cc1[c]c[c]c[c]1. The molecule has 0 bridgehead atoms. The zero-order chi connectivity index (χ0) is 5.82. The lowest BCUT2D eigenvalue weighted by Gasteiger charge is -1.82. The molecular formula is C8H5. The second-order valence-electron chi connectivity index (χ2n) is 1.36. The van der Waals surface area contributed by atoms with Crippen LogP contribution in [0, 0.1) is 18.2 Å². The third-order valence-corrected chi connectivity index (χ3v) is 0.826. The van der Waals surface area contributed by atoms with E-state index in [1.165, 1.54) is 0 Å². The van der Waals surface area contributed by atoms with Crippen LogP contribution in [-0.4, -0.2) is 0 Å². The maximum Gasteiger partial charge on any atom is -0.00928 e. The average Bonchev–Trinajstić information content (AvgIpc) is 1.90. The Hall–Kier alpha value is -1.04. The highest BCUT2D eigenvalue weighted by molar-refractivity contribution is 5.43. The summed E-state index contributed by atoms with van der Waals surface area (Å²) < 4.78 is 0. The van der Waals surface area contributed by atoms with Crippen molar-refractivity contribution in [2.45, 2.75) is 0 Å². The summed E-state index contributed by atoms with van der Waals surface area (Å²) in [5.74, 6) is 0. The minimum atomic E-state index is 0.892. The fourth-order valence-corrected chi connectivity index (χ4v) is 0.440.